The topological polar surface area (TPSA) is 49.4 Å². The van der Waals surface area contributed by atoms with E-state index in [9.17, 15) is 22.8 Å². The number of hydrogen-bond donors (Lipinski definition) is 1. The van der Waals surface area contributed by atoms with Crippen molar-refractivity contribution in [1.82, 2.24) is 4.90 Å². The second-order valence-electron chi connectivity index (χ2n) is 7.00. The Labute approximate surface area is 161 Å². The minimum absolute atomic E-state index is 0.0541. The van der Waals surface area contributed by atoms with E-state index in [1.54, 1.807) is 17.0 Å². The summed E-state index contributed by atoms with van der Waals surface area (Å²) in [4.78, 5) is 26.7. The summed E-state index contributed by atoms with van der Waals surface area (Å²) >= 11 is 0. The zero-order chi connectivity index (χ0) is 20.3. The molecule has 0 aromatic heterocycles. The summed E-state index contributed by atoms with van der Waals surface area (Å²) in [6.45, 7) is 2.89. The van der Waals surface area contributed by atoms with Gasteiger partial charge >= 0.3 is 6.18 Å². The highest BCUT2D eigenvalue weighted by atomic mass is 19.4. The number of benzene rings is 2. The van der Waals surface area contributed by atoms with Crippen molar-refractivity contribution in [1.29, 1.82) is 0 Å². The summed E-state index contributed by atoms with van der Waals surface area (Å²) < 4.78 is 37.8. The van der Waals surface area contributed by atoms with Gasteiger partial charge in [-0.05, 0) is 56.2 Å². The largest absolute Gasteiger partial charge is 0.416 e. The Kier molecular flexibility index (Phi) is 5.72. The molecule has 1 heterocycles. The molecule has 0 saturated carbocycles. The fourth-order valence-corrected chi connectivity index (χ4v) is 3.21. The third-order valence-electron chi connectivity index (χ3n) is 4.93. The third kappa shape index (κ3) is 4.71. The van der Waals surface area contributed by atoms with E-state index in [2.05, 4.69) is 5.32 Å². The number of alkyl halides is 3. The van der Waals surface area contributed by atoms with Crippen LogP contribution >= 0.6 is 0 Å². The van der Waals surface area contributed by atoms with Crippen LogP contribution in [0, 0.1) is 12.8 Å². The smallest absolute Gasteiger partial charge is 0.339 e. The van der Waals surface area contributed by atoms with E-state index in [4.69, 9.17) is 0 Å². The van der Waals surface area contributed by atoms with Crippen molar-refractivity contribution < 1.29 is 22.8 Å². The molecule has 0 atom stereocenters. The summed E-state index contributed by atoms with van der Waals surface area (Å²) in [7, 11) is 0. The van der Waals surface area contributed by atoms with Crippen LogP contribution in [0.1, 0.15) is 34.3 Å². The number of carbonyl (C=O) groups excluding carboxylic acids is 2. The first-order valence-corrected chi connectivity index (χ1v) is 9.08. The first-order valence-electron chi connectivity index (χ1n) is 9.08. The Bertz CT molecular complexity index is 837. The van der Waals surface area contributed by atoms with Crippen LogP contribution in [-0.2, 0) is 11.0 Å². The molecule has 0 bridgehead atoms. The first-order chi connectivity index (χ1) is 13.2. The van der Waals surface area contributed by atoms with Crippen molar-refractivity contribution in [2.45, 2.75) is 25.9 Å². The number of carbonyl (C=O) groups is 2. The van der Waals surface area contributed by atoms with Crippen LogP contribution in [0.4, 0.5) is 18.9 Å². The summed E-state index contributed by atoms with van der Waals surface area (Å²) in [5.74, 6) is -0.562. The highest BCUT2D eigenvalue weighted by molar-refractivity contribution is 5.95. The number of nitrogens with zero attached hydrogens (tertiary/aromatic N) is 1. The quantitative estimate of drug-likeness (QED) is 0.839. The highest BCUT2D eigenvalue weighted by Crippen LogP contribution is 2.30. The summed E-state index contributed by atoms with van der Waals surface area (Å²) in [6, 6.07) is 11.7. The molecule has 28 heavy (non-hydrogen) atoms. The molecule has 7 heteroatoms. The molecule has 1 saturated heterocycles. The van der Waals surface area contributed by atoms with Crippen LogP contribution in [0.3, 0.4) is 0 Å². The molecule has 0 unspecified atom stereocenters. The van der Waals surface area contributed by atoms with E-state index in [1.807, 2.05) is 19.1 Å². The van der Waals surface area contributed by atoms with Gasteiger partial charge in [-0.3, -0.25) is 9.59 Å². The molecule has 1 aliphatic rings. The molecular formula is C21H21F3N2O2. The number of rotatable bonds is 3. The summed E-state index contributed by atoms with van der Waals surface area (Å²) in [6.07, 6.45) is -3.37. The average Bonchev–Trinajstić information content (AvgIpc) is 2.68. The molecule has 2 aromatic rings. The van der Waals surface area contributed by atoms with Gasteiger partial charge in [0, 0.05) is 30.3 Å². The Morgan fingerprint density at radius 1 is 0.964 bits per heavy atom. The molecule has 4 nitrogen and oxygen atoms in total. The van der Waals surface area contributed by atoms with E-state index < -0.39 is 11.7 Å². The van der Waals surface area contributed by atoms with Crippen LogP contribution in [-0.4, -0.2) is 29.8 Å². The van der Waals surface area contributed by atoms with Gasteiger partial charge < -0.3 is 10.2 Å². The zero-order valence-electron chi connectivity index (χ0n) is 15.4. The fraction of sp³-hybridized carbons (Fsp3) is 0.333. The van der Waals surface area contributed by atoms with Crippen LogP contribution < -0.4 is 5.32 Å². The Morgan fingerprint density at radius 3 is 2.07 bits per heavy atom. The summed E-state index contributed by atoms with van der Waals surface area (Å²) in [5.41, 5.74) is 1.28. The van der Waals surface area contributed by atoms with E-state index in [0.29, 0.717) is 37.2 Å². The lowest BCUT2D eigenvalue weighted by Gasteiger charge is -2.31. The zero-order valence-corrected chi connectivity index (χ0v) is 15.4. The highest BCUT2D eigenvalue weighted by Gasteiger charge is 2.31. The van der Waals surface area contributed by atoms with Gasteiger partial charge in [0.2, 0.25) is 5.91 Å². The van der Waals surface area contributed by atoms with Crippen molar-refractivity contribution >= 4 is 17.5 Å². The van der Waals surface area contributed by atoms with Crippen LogP contribution in [0.15, 0.2) is 48.5 Å². The molecule has 2 aromatic carbocycles. The number of nitrogens with one attached hydrogen (secondary N) is 1. The van der Waals surface area contributed by atoms with Crippen molar-refractivity contribution in [3.63, 3.8) is 0 Å². The maximum absolute atomic E-state index is 12.6. The van der Waals surface area contributed by atoms with Gasteiger partial charge in [-0.15, -0.1) is 0 Å². The standard InChI is InChI=1S/C21H21F3N2O2/c1-14-2-4-16(5-3-14)20(28)26-12-10-15(11-13-26)19(27)25-18-8-6-17(7-9-18)21(22,23)24/h2-9,15H,10-13H2,1H3,(H,25,27). The van der Waals surface area contributed by atoms with Crippen molar-refractivity contribution in [3.8, 4) is 0 Å². The van der Waals surface area contributed by atoms with Gasteiger partial charge in [-0.2, -0.15) is 13.2 Å². The number of hydrogen-bond acceptors (Lipinski definition) is 2. The molecule has 1 aliphatic heterocycles. The lowest BCUT2D eigenvalue weighted by Crippen LogP contribution is -2.41. The van der Waals surface area contributed by atoms with Crippen LogP contribution in [0.5, 0.6) is 0 Å². The fourth-order valence-electron chi connectivity index (χ4n) is 3.21. The molecule has 148 valence electrons. The average molecular weight is 390 g/mol. The molecule has 0 spiro atoms. The predicted molar refractivity (Wildman–Crippen MR) is 99.9 cm³/mol. The molecule has 0 radical (unpaired) electrons. The number of likely N-dealkylation sites (tertiary alicyclic amines) is 1. The maximum atomic E-state index is 12.6. The third-order valence-corrected chi connectivity index (χ3v) is 4.93. The minimum atomic E-state index is -4.40. The minimum Gasteiger partial charge on any atom is -0.339 e. The Hall–Kier alpha value is -2.83. The van der Waals surface area contributed by atoms with E-state index in [1.165, 1.54) is 12.1 Å². The van der Waals surface area contributed by atoms with Gasteiger partial charge in [0.1, 0.15) is 0 Å². The maximum Gasteiger partial charge on any atom is 0.416 e. The number of amides is 2. The molecule has 2 amide bonds. The Morgan fingerprint density at radius 2 is 1.54 bits per heavy atom. The van der Waals surface area contributed by atoms with Gasteiger partial charge in [0.25, 0.3) is 5.91 Å². The van der Waals surface area contributed by atoms with E-state index >= 15 is 0 Å². The monoisotopic (exact) mass is 390 g/mol. The van der Waals surface area contributed by atoms with Gasteiger partial charge in [-0.25, -0.2) is 0 Å². The van der Waals surface area contributed by atoms with Crippen molar-refractivity contribution in [3.05, 3.63) is 65.2 Å². The molecule has 1 N–H and O–H groups in total. The SMILES string of the molecule is Cc1ccc(C(=O)N2CCC(C(=O)Nc3ccc(C(F)(F)F)cc3)CC2)cc1. The van der Waals surface area contributed by atoms with E-state index in [0.717, 1.165) is 17.7 Å². The molecule has 0 aliphatic carbocycles. The first kappa shape index (κ1) is 19.9. The second-order valence-corrected chi connectivity index (χ2v) is 7.00. The number of halogens is 3. The lowest BCUT2D eigenvalue weighted by molar-refractivity contribution is -0.137. The van der Waals surface area contributed by atoms with Gasteiger partial charge in [0.15, 0.2) is 0 Å². The normalized spacial score (nSPS) is 15.4. The van der Waals surface area contributed by atoms with Gasteiger partial charge in [-0.1, -0.05) is 17.7 Å². The molecular weight excluding hydrogens is 369 g/mol. The molecule has 3 rings (SSSR count). The van der Waals surface area contributed by atoms with Gasteiger partial charge in [0.05, 0.1) is 5.56 Å². The second kappa shape index (κ2) is 8.04. The van der Waals surface area contributed by atoms with Crippen LogP contribution in [0.2, 0.25) is 0 Å². The Balaban J connectivity index is 1.53. The number of piperidine rings is 1. The lowest BCUT2D eigenvalue weighted by atomic mass is 9.95. The molecule has 1 fully saturated rings. The van der Waals surface area contributed by atoms with E-state index in [-0.39, 0.29) is 17.7 Å². The van der Waals surface area contributed by atoms with Crippen LogP contribution in [0.25, 0.3) is 0 Å². The van der Waals surface area contributed by atoms with Crippen molar-refractivity contribution in [2.75, 3.05) is 18.4 Å². The van der Waals surface area contributed by atoms with Crippen molar-refractivity contribution in [2.24, 2.45) is 5.92 Å². The number of aryl methyl sites for hydroxylation is 1. The number of anilines is 1. The summed E-state index contributed by atoms with van der Waals surface area (Å²) in [5, 5.41) is 2.66. The predicted octanol–water partition coefficient (Wildman–Crippen LogP) is 4.50.